The number of hydrazone groups is 1. The fourth-order valence-corrected chi connectivity index (χ4v) is 2.11. The molecule has 6 heteroatoms. The Morgan fingerprint density at radius 3 is 2.45 bits per heavy atom. The fraction of sp³-hybridized carbons (Fsp3) is 0.357. The molecule has 1 aromatic carbocycles. The lowest BCUT2D eigenvalue weighted by Gasteiger charge is -2.24. The molecule has 20 heavy (non-hydrogen) atoms. The maximum Gasteiger partial charge on any atom is 0.428 e. The second kappa shape index (κ2) is 5.32. The molecule has 2 amide bonds. The van der Waals surface area contributed by atoms with E-state index in [1.165, 1.54) is 11.8 Å². The van der Waals surface area contributed by atoms with Gasteiger partial charge >= 0.3 is 6.09 Å². The molecule has 1 N–H and O–H groups in total. The van der Waals surface area contributed by atoms with Crippen LogP contribution >= 0.6 is 0 Å². The zero-order chi connectivity index (χ0) is 14.9. The molecular weight excluding hydrogens is 258 g/mol. The van der Waals surface area contributed by atoms with Crippen molar-refractivity contribution in [2.75, 3.05) is 13.6 Å². The van der Waals surface area contributed by atoms with E-state index in [4.69, 9.17) is 5.11 Å². The Morgan fingerprint density at radius 1 is 1.35 bits per heavy atom. The topological polar surface area (TPSA) is 73.2 Å². The molecule has 106 valence electrons. The van der Waals surface area contributed by atoms with E-state index in [0.717, 1.165) is 16.1 Å². The van der Waals surface area contributed by atoms with Gasteiger partial charge in [0, 0.05) is 14.0 Å². The maximum absolute atomic E-state index is 11.5. The van der Waals surface area contributed by atoms with E-state index in [1.54, 1.807) is 7.05 Å². The second-order valence-corrected chi connectivity index (χ2v) is 4.86. The molecule has 0 aliphatic carbocycles. The summed E-state index contributed by atoms with van der Waals surface area (Å²) in [4.78, 5) is 24.1. The third-order valence-electron chi connectivity index (χ3n) is 3.42. The third kappa shape index (κ3) is 2.64. The van der Waals surface area contributed by atoms with Crippen molar-refractivity contribution in [1.82, 2.24) is 9.91 Å². The fourth-order valence-electron chi connectivity index (χ4n) is 2.11. The minimum absolute atomic E-state index is 0.123. The minimum atomic E-state index is -1.12. The largest absolute Gasteiger partial charge is 0.464 e. The summed E-state index contributed by atoms with van der Waals surface area (Å²) in [6.07, 6.45) is -1.12. The van der Waals surface area contributed by atoms with Gasteiger partial charge in [0.25, 0.3) is 0 Å². The Bertz CT molecular complexity index is 566. The highest BCUT2D eigenvalue weighted by atomic mass is 16.4. The molecule has 0 radical (unpaired) electrons. The molecule has 0 aromatic heterocycles. The number of benzene rings is 1. The van der Waals surface area contributed by atoms with Gasteiger partial charge in [0.2, 0.25) is 5.91 Å². The number of hydrogen-bond donors (Lipinski definition) is 1. The predicted molar refractivity (Wildman–Crippen MR) is 74.7 cm³/mol. The molecule has 6 nitrogen and oxygen atoms in total. The molecule has 1 atom stereocenters. The molecule has 1 heterocycles. The maximum atomic E-state index is 11.5. The van der Waals surface area contributed by atoms with E-state index in [9.17, 15) is 9.59 Å². The van der Waals surface area contributed by atoms with Gasteiger partial charge in [-0.3, -0.25) is 4.79 Å². The van der Waals surface area contributed by atoms with Crippen LogP contribution in [0, 0.1) is 6.92 Å². The minimum Gasteiger partial charge on any atom is -0.464 e. The number of hydrogen-bond acceptors (Lipinski definition) is 3. The van der Waals surface area contributed by atoms with E-state index < -0.39 is 6.09 Å². The standard InChI is InChI=1S/C14H17N3O3/c1-9-4-6-11(7-5-9)13-12(16(3)10(2)18)8-17(15-13)14(19)20/h4-7,12H,8H2,1-3H3,(H,19,20). The molecule has 0 saturated heterocycles. The Balaban J connectivity index is 2.38. The van der Waals surface area contributed by atoms with Gasteiger partial charge in [-0.15, -0.1) is 0 Å². The molecule has 1 aromatic rings. The van der Waals surface area contributed by atoms with Crippen LogP contribution in [-0.2, 0) is 4.79 Å². The van der Waals surface area contributed by atoms with Crippen LogP contribution in [0.3, 0.4) is 0 Å². The summed E-state index contributed by atoms with van der Waals surface area (Å²) in [5.74, 6) is -0.123. The number of carboxylic acid groups (broad SMARTS) is 1. The quantitative estimate of drug-likeness (QED) is 0.889. The predicted octanol–water partition coefficient (Wildman–Crippen LogP) is 1.54. The van der Waals surface area contributed by atoms with Crippen LogP contribution in [0.5, 0.6) is 0 Å². The normalized spacial score (nSPS) is 17.9. The van der Waals surface area contributed by atoms with Crippen LogP contribution in [0.25, 0.3) is 0 Å². The SMILES string of the molecule is CC(=O)N(C)C1CN(C(=O)O)N=C1c1ccc(C)cc1. The summed E-state index contributed by atoms with van der Waals surface area (Å²) in [5, 5.41) is 14.2. The first-order valence-electron chi connectivity index (χ1n) is 6.29. The van der Waals surface area contributed by atoms with Gasteiger partial charge in [0.1, 0.15) is 0 Å². The number of aryl methyl sites for hydroxylation is 1. The smallest absolute Gasteiger partial charge is 0.428 e. The van der Waals surface area contributed by atoms with Gasteiger partial charge in [0.15, 0.2) is 0 Å². The van der Waals surface area contributed by atoms with Crippen LogP contribution in [0.2, 0.25) is 0 Å². The van der Waals surface area contributed by atoms with Crippen LogP contribution in [-0.4, -0.2) is 52.4 Å². The Hall–Kier alpha value is -2.37. The van der Waals surface area contributed by atoms with E-state index >= 15 is 0 Å². The molecule has 0 spiro atoms. The van der Waals surface area contributed by atoms with Crippen molar-refractivity contribution in [2.24, 2.45) is 5.10 Å². The van der Waals surface area contributed by atoms with Gasteiger partial charge in [0.05, 0.1) is 18.3 Å². The average Bonchev–Trinajstić information content (AvgIpc) is 2.83. The second-order valence-electron chi connectivity index (χ2n) is 4.86. The Morgan fingerprint density at radius 2 is 1.95 bits per heavy atom. The Labute approximate surface area is 117 Å². The molecule has 0 saturated carbocycles. The lowest BCUT2D eigenvalue weighted by Crippen LogP contribution is -2.43. The number of carbonyl (C=O) groups is 2. The first-order valence-corrected chi connectivity index (χ1v) is 6.29. The lowest BCUT2D eigenvalue weighted by atomic mass is 10.0. The van der Waals surface area contributed by atoms with Crippen molar-refractivity contribution >= 4 is 17.7 Å². The van der Waals surface area contributed by atoms with Crippen LogP contribution in [0.4, 0.5) is 4.79 Å². The summed E-state index contributed by atoms with van der Waals surface area (Å²) in [6.45, 7) is 3.59. The van der Waals surface area contributed by atoms with Crippen LogP contribution in [0.1, 0.15) is 18.1 Å². The summed E-state index contributed by atoms with van der Waals surface area (Å²) in [6, 6.07) is 7.30. The molecule has 0 bridgehead atoms. The average molecular weight is 275 g/mol. The van der Waals surface area contributed by atoms with Gasteiger partial charge in [-0.25, -0.2) is 4.79 Å². The van der Waals surface area contributed by atoms with Crippen molar-refractivity contribution in [2.45, 2.75) is 19.9 Å². The molecule has 1 aliphatic heterocycles. The number of rotatable bonds is 2. The number of likely N-dealkylation sites (N-methyl/N-ethyl adjacent to an activating group) is 1. The van der Waals surface area contributed by atoms with Gasteiger partial charge < -0.3 is 10.0 Å². The number of nitrogens with zero attached hydrogens (tertiary/aromatic N) is 3. The van der Waals surface area contributed by atoms with E-state index in [2.05, 4.69) is 5.10 Å². The van der Waals surface area contributed by atoms with E-state index in [0.29, 0.717) is 5.71 Å². The van der Waals surface area contributed by atoms with Gasteiger partial charge in [-0.05, 0) is 12.5 Å². The summed E-state index contributed by atoms with van der Waals surface area (Å²) in [7, 11) is 1.65. The highest BCUT2D eigenvalue weighted by molar-refractivity contribution is 6.07. The lowest BCUT2D eigenvalue weighted by molar-refractivity contribution is -0.128. The zero-order valence-electron chi connectivity index (χ0n) is 11.7. The summed E-state index contributed by atoms with van der Waals surface area (Å²) in [5.41, 5.74) is 2.54. The number of amides is 2. The number of carbonyl (C=O) groups excluding carboxylic acids is 1. The van der Waals surface area contributed by atoms with Gasteiger partial charge in [-0.1, -0.05) is 29.8 Å². The molecule has 0 fully saturated rings. The summed E-state index contributed by atoms with van der Waals surface area (Å²) >= 11 is 0. The highest BCUT2D eigenvalue weighted by Crippen LogP contribution is 2.19. The summed E-state index contributed by atoms with van der Waals surface area (Å²) < 4.78 is 0. The van der Waals surface area contributed by atoms with Crippen molar-refractivity contribution < 1.29 is 14.7 Å². The molecule has 1 aliphatic rings. The van der Waals surface area contributed by atoms with Crippen molar-refractivity contribution in [1.29, 1.82) is 0 Å². The van der Waals surface area contributed by atoms with Crippen LogP contribution in [0.15, 0.2) is 29.4 Å². The Kier molecular flexibility index (Phi) is 3.74. The zero-order valence-corrected chi connectivity index (χ0v) is 11.7. The first kappa shape index (κ1) is 14.0. The van der Waals surface area contributed by atoms with Crippen molar-refractivity contribution in [3.63, 3.8) is 0 Å². The van der Waals surface area contributed by atoms with E-state index in [1.807, 2.05) is 31.2 Å². The third-order valence-corrected chi connectivity index (χ3v) is 3.42. The van der Waals surface area contributed by atoms with Gasteiger partial charge in [-0.2, -0.15) is 10.1 Å². The highest BCUT2D eigenvalue weighted by Gasteiger charge is 2.34. The molecule has 2 rings (SSSR count). The van der Waals surface area contributed by atoms with Crippen molar-refractivity contribution in [3.05, 3.63) is 35.4 Å². The van der Waals surface area contributed by atoms with Crippen molar-refractivity contribution in [3.8, 4) is 0 Å². The first-order chi connectivity index (χ1) is 9.40. The molecule has 1 unspecified atom stereocenters. The monoisotopic (exact) mass is 275 g/mol. The molecular formula is C14H17N3O3. The van der Waals surface area contributed by atoms with E-state index in [-0.39, 0.29) is 18.5 Å². The van der Waals surface area contributed by atoms with Crippen LogP contribution < -0.4 is 0 Å².